The van der Waals surface area contributed by atoms with Gasteiger partial charge in [-0.3, -0.25) is 33.5 Å². The second kappa shape index (κ2) is 25.9. The van der Waals surface area contributed by atoms with E-state index in [0.29, 0.717) is 11.5 Å². The number of nitrogens with zero attached hydrogens (tertiary/aromatic N) is 10. The molecule has 0 fully saturated rings. The van der Waals surface area contributed by atoms with Crippen LogP contribution < -0.4 is 9.47 Å². The summed E-state index contributed by atoms with van der Waals surface area (Å²) in [6, 6.07) is 80.6. The normalized spacial score (nSPS) is 11.0. The van der Waals surface area contributed by atoms with E-state index in [4.69, 9.17) is 49.2 Å². The number of aromatic nitrogens is 10. The Kier molecular flexibility index (Phi) is 17.3. The number of ether oxygens (including phenoxy) is 2. The Balaban J connectivity index is 0.000000156. The van der Waals surface area contributed by atoms with Crippen LogP contribution in [0.5, 0.6) is 23.0 Å². The Morgan fingerprint density at radius 1 is 0.398 bits per heavy atom. The van der Waals surface area contributed by atoms with E-state index < -0.39 is 11.9 Å². The van der Waals surface area contributed by atoms with E-state index in [9.17, 15) is 0 Å². The number of aliphatic carboxylic acids is 2. The van der Waals surface area contributed by atoms with Gasteiger partial charge in [-0.05, 0) is 121 Å². The van der Waals surface area contributed by atoms with Gasteiger partial charge in [-0.15, -0.1) is 23.6 Å². The number of benzene rings is 8. The van der Waals surface area contributed by atoms with E-state index in [1.165, 1.54) is 5.39 Å². The van der Waals surface area contributed by atoms with Crippen molar-refractivity contribution in [3.63, 3.8) is 0 Å². The molecule has 18 rings (SSSR count). The number of carbonyl (C=O) groups is 2. The third-order valence-corrected chi connectivity index (χ3v) is 15.5. The molecule has 0 unspecified atom stereocenters. The average Bonchev–Trinajstić information content (AvgIpc) is 1.75. The van der Waals surface area contributed by atoms with Crippen molar-refractivity contribution in [2.45, 2.75) is 21.3 Å². The minimum atomic E-state index is -0.833. The maximum absolute atomic E-state index is 9.00. The molecule has 2 N–H and O–H groups in total. The molecule has 458 valence electrons. The minimum Gasteiger partial charge on any atom is -0.503 e. The van der Waals surface area contributed by atoms with Crippen molar-refractivity contribution in [3.8, 4) is 34.6 Å². The first-order chi connectivity index (χ1) is 44.1. The molecule has 0 bridgehead atoms. The molecule has 18 aromatic rings. The summed E-state index contributed by atoms with van der Waals surface area (Å²) in [5, 5.41) is 23.3. The van der Waals surface area contributed by atoms with Gasteiger partial charge in [-0.1, -0.05) is 109 Å². The molecule has 0 amide bonds. The van der Waals surface area contributed by atoms with Crippen molar-refractivity contribution in [1.29, 1.82) is 0 Å². The van der Waals surface area contributed by atoms with Crippen LogP contribution in [0.1, 0.15) is 21.3 Å². The summed E-state index contributed by atoms with van der Waals surface area (Å²) in [4.78, 5) is 46.8. The summed E-state index contributed by atoms with van der Waals surface area (Å²) in [5.74, 6) is 2.70. The van der Waals surface area contributed by atoms with Crippen molar-refractivity contribution < 1.29 is 70.1 Å². The number of pyridine rings is 6. The van der Waals surface area contributed by atoms with Gasteiger partial charge in [0.05, 0.1) is 60.8 Å². The smallest absolute Gasteiger partial charge is 0.503 e. The molecule has 93 heavy (non-hydrogen) atoms. The third-order valence-electron chi connectivity index (χ3n) is 15.5. The summed E-state index contributed by atoms with van der Waals surface area (Å²) in [5.41, 5.74) is 13.7. The Morgan fingerprint density at radius 2 is 0.839 bits per heavy atom. The largest absolute Gasteiger partial charge is 2.00 e. The number of imidazole rings is 2. The van der Waals surface area contributed by atoms with Gasteiger partial charge in [0.2, 0.25) is 0 Å². The second-order valence-electron chi connectivity index (χ2n) is 21.2. The zero-order chi connectivity index (χ0) is 61.0. The molecule has 0 saturated heterocycles. The number of hydrogen-bond donors (Lipinski definition) is 2. The molecule has 0 atom stereocenters. The molecule has 0 aliphatic rings. The van der Waals surface area contributed by atoms with Crippen LogP contribution in [0.25, 0.3) is 132 Å². The Hall–Kier alpha value is -11.2. The molecular formula is C75H52N10O6Pd2. The third kappa shape index (κ3) is 11.3. The van der Waals surface area contributed by atoms with Crippen LogP contribution in [0.2, 0.25) is 0 Å². The first-order valence-corrected chi connectivity index (χ1v) is 28.8. The van der Waals surface area contributed by atoms with Gasteiger partial charge in [0.15, 0.2) is 0 Å². The summed E-state index contributed by atoms with van der Waals surface area (Å²) < 4.78 is 21.6. The van der Waals surface area contributed by atoms with E-state index in [-0.39, 0.29) is 48.3 Å². The van der Waals surface area contributed by atoms with E-state index in [1.54, 1.807) is 6.20 Å². The summed E-state index contributed by atoms with van der Waals surface area (Å²) in [6.07, 6.45) is 7.29. The monoisotopic (exact) mass is 1400 g/mol. The van der Waals surface area contributed by atoms with Crippen LogP contribution in [0.4, 0.5) is 0 Å². The Labute approximate surface area is 557 Å². The molecule has 8 aromatic carbocycles. The number of rotatable bonds is 6. The molecule has 0 radical (unpaired) electrons. The van der Waals surface area contributed by atoms with Crippen LogP contribution in [-0.2, 0) is 50.4 Å². The van der Waals surface area contributed by atoms with Gasteiger partial charge in [0.25, 0.3) is 11.9 Å². The van der Waals surface area contributed by atoms with E-state index in [0.717, 1.165) is 152 Å². The fourth-order valence-corrected chi connectivity index (χ4v) is 12.0. The standard InChI is InChI=1S/C35H21N5O.C35H19N5O.2C2H4O2.CH4.2Pd/c2*1-3-10-29-24(8-1)25-16-14-23(21-32(25)39(29)33-13-5-6-18-36-33)41-22-15-17-26-27(20-22)35-38-28-9-2-4-11-30(28)40(35)31-12-7-19-37-34(26)31;2*1-2(3)4;;;/h1-21H;1-19H;2*1H3,(H,3,4);1H4;;/q;-2;;;;;+2. The van der Waals surface area contributed by atoms with Gasteiger partial charge in [0.1, 0.15) is 28.8 Å². The minimum absolute atomic E-state index is 0. The van der Waals surface area contributed by atoms with Crippen LogP contribution >= 0.6 is 0 Å². The van der Waals surface area contributed by atoms with Crippen molar-refractivity contribution in [3.05, 3.63) is 255 Å². The molecule has 10 aromatic heterocycles. The topological polar surface area (TPSA) is 189 Å². The molecule has 0 aliphatic carbocycles. The molecule has 18 heteroatoms. The molecule has 16 nitrogen and oxygen atoms in total. The van der Waals surface area contributed by atoms with Gasteiger partial charge in [-0.25, -0.2) is 15.0 Å². The summed E-state index contributed by atoms with van der Waals surface area (Å²) in [7, 11) is 0. The number of carboxylic acids is 2. The summed E-state index contributed by atoms with van der Waals surface area (Å²) >= 11 is 0. The number of para-hydroxylation sites is 6. The van der Waals surface area contributed by atoms with E-state index in [2.05, 4.69) is 137 Å². The van der Waals surface area contributed by atoms with Gasteiger partial charge in [0, 0.05) is 104 Å². The Bertz CT molecular complexity index is 5510. The zero-order valence-electron chi connectivity index (χ0n) is 48.7. The SMILES string of the molecule is C.CC(=O)O.CC(=O)O.[Pd+2].[Pd].[c-]1c(Oc2[c-]c3c(cc2)c2ccccc2n3-c2ccccn2)ccc2c1c1nc3ccccc3n1c1cccnc21.c1ccc(-n2c3ccccc3c3ccc(Oc4ccc5c(c4)c4nc6ccccc6n4c4cccnc54)cc32)nc1. The fraction of sp³-hybridized carbons (Fsp3) is 0.0400. The fourth-order valence-electron chi connectivity index (χ4n) is 12.0. The molecule has 0 aliphatic heterocycles. The van der Waals surface area contributed by atoms with E-state index in [1.807, 2.05) is 140 Å². The zero-order valence-corrected chi connectivity index (χ0v) is 51.8. The first-order valence-electron chi connectivity index (χ1n) is 28.8. The predicted octanol–water partition coefficient (Wildman–Crippen LogP) is 17.4. The number of carboxylic acid groups (broad SMARTS) is 2. The summed E-state index contributed by atoms with van der Waals surface area (Å²) in [6.45, 7) is 2.17. The van der Waals surface area contributed by atoms with Gasteiger partial charge in [-0.2, -0.15) is 6.07 Å². The van der Waals surface area contributed by atoms with Crippen molar-refractivity contribution in [1.82, 2.24) is 47.8 Å². The van der Waals surface area contributed by atoms with Gasteiger partial charge >= 0.3 is 20.4 Å². The number of hydrogen-bond acceptors (Lipinski definition) is 10. The van der Waals surface area contributed by atoms with Crippen LogP contribution in [0, 0.1) is 12.1 Å². The molecule has 10 heterocycles. The second-order valence-corrected chi connectivity index (χ2v) is 21.2. The maximum Gasteiger partial charge on any atom is 2.00 e. The van der Waals surface area contributed by atoms with Crippen LogP contribution in [0.15, 0.2) is 243 Å². The average molecular weight is 1400 g/mol. The van der Waals surface area contributed by atoms with Gasteiger partial charge < -0.3 is 28.7 Å². The number of fused-ring (bicyclic) bond motifs is 22. The van der Waals surface area contributed by atoms with E-state index >= 15 is 0 Å². The molecule has 0 saturated carbocycles. The Morgan fingerprint density at radius 3 is 1.45 bits per heavy atom. The maximum atomic E-state index is 9.00. The predicted molar refractivity (Wildman–Crippen MR) is 359 cm³/mol. The van der Waals surface area contributed by atoms with Crippen LogP contribution in [-0.4, -0.2) is 70.0 Å². The molecular weight excluding hydrogens is 1350 g/mol. The van der Waals surface area contributed by atoms with Crippen LogP contribution in [0.3, 0.4) is 0 Å². The molecule has 0 spiro atoms. The van der Waals surface area contributed by atoms with Crippen molar-refractivity contribution >= 4 is 133 Å². The quantitative estimate of drug-likeness (QED) is 0.0912. The van der Waals surface area contributed by atoms with Crippen molar-refractivity contribution in [2.75, 3.05) is 0 Å². The first kappa shape index (κ1) is 62.0. The van der Waals surface area contributed by atoms with Crippen molar-refractivity contribution in [2.24, 2.45) is 0 Å².